The van der Waals surface area contributed by atoms with Crippen molar-refractivity contribution in [1.29, 1.82) is 0 Å². The zero-order chi connectivity index (χ0) is 20.3. The van der Waals surface area contributed by atoms with E-state index in [4.69, 9.17) is 13.7 Å². The van der Waals surface area contributed by atoms with Crippen LogP contribution in [0.2, 0.25) is 0 Å². The highest BCUT2D eigenvalue weighted by Gasteiger charge is 2.17. The van der Waals surface area contributed by atoms with E-state index in [1.807, 2.05) is 0 Å². The van der Waals surface area contributed by atoms with Gasteiger partial charge in [-0.05, 0) is 31.5 Å². The van der Waals surface area contributed by atoms with E-state index >= 15 is 0 Å². The number of hydrogen-bond donors (Lipinski definition) is 0. The van der Waals surface area contributed by atoms with Crippen molar-refractivity contribution in [3.63, 3.8) is 0 Å². The molecule has 1 rings (SSSR count). The summed E-state index contributed by atoms with van der Waals surface area (Å²) in [6.45, 7) is 4.40. The van der Waals surface area contributed by atoms with Crippen LogP contribution in [-0.2, 0) is 35.7 Å². The predicted molar refractivity (Wildman–Crippen MR) is 99.7 cm³/mol. The first kappa shape index (κ1) is 22.9. The summed E-state index contributed by atoms with van der Waals surface area (Å²) < 4.78 is 38.1. The van der Waals surface area contributed by atoms with Gasteiger partial charge in [-0.3, -0.25) is 9.59 Å². The number of ether oxygens (including phenoxy) is 2. The third kappa shape index (κ3) is 8.87. The maximum atomic E-state index is 12.5. The van der Waals surface area contributed by atoms with E-state index in [2.05, 4.69) is 0 Å². The Morgan fingerprint density at radius 3 is 2.52 bits per heavy atom. The van der Waals surface area contributed by atoms with E-state index in [9.17, 15) is 18.0 Å². The fourth-order valence-electron chi connectivity index (χ4n) is 2.22. The summed E-state index contributed by atoms with van der Waals surface area (Å²) in [7, 11) is -2.09. The Morgan fingerprint density at radius 1 is 1.15 bits per heavy atom. The number of benzene rings is 1. The van der Waals surface area contributed by atoms with E-state index in [0.717, 1.165) is 0 Å². The summed E-state index contributed by atoms with van der Waals surface area (Å²) >= 11 is 0. The number of esters is 1. The fraction of sp³-hybridized carbons (Fsp3) is 0.556. The highest BCUT2D eigenvalue weighted by molar-refractivity contribution is 7.87. The van der Waals surface area contributed by atoms with Crippen molar-refractivity contribution in [2.45, 2.75) is 33.2 Å². The minimum Gasteiger partial charge on any atom is -0.466 e. The summed E-state index contributed by atoms with van der Waals surface area (Å²) in [4.78, 5) is 25.5. The van der Waals surface area contributed by atoms with Crippen molar-refractivity contribution in [1.82, 2.24) is 4.90 Å². The van der Waals surface area contributed by atoms with Crippen molar-refractivity contribution in [2.24, 2.45) is 0 Å². The Hall–Kier alpha value is -2.13. The Labute approximate surface area is 160 Å². The summed E-state index contributed by atoms with van der Waals surface area (Å²) in [5.74, 6) is -0.575. The number of hydrogen-bond acceptors (Lipinski definition) is 7. The lowest BCUT2D eigenvalue weighted by atomic mass is 10.2. The lowest BCUT2D eigenvalue weighted by Crippen LogP contribution is -2.33. The van der Waals surface area contributed by atoms with E-state index in [-0.39, 0.29) is 43.4 Å². The van der Waals surface area contributed by atoms with Crippen molar-refractivity contribution < 1.29 is 31.7 Å². The molecule has 1 amide bonds. The molecule has 0 atom stereocenters. The SMILES string of the molecule is CCOC(=O)CCC(=O)N(CCOC)Cc1cccc(OS(=O)(=O)CC)c1. The van der Waals surface area contributed by atoms with Gasteiger partial charge in [0.1, 0.15) is 5.75 Å². The van der Waals surface area contributed by atoms with Gasteiger partial charge in [-0.1, -0.05) is 12.1 Å². The van der Waals surface area contributed by atoms with Crippen molar-refractivity contribution in [3.8, 4) is 5.75 Å². The van der Waals surface area contributed by atoms with E-state index in [0.29, 0.717) is 18.7 Å². The van der Waals surface area contributed by atoms with E-state index < -0.39 is 16.1 Å². The van der Waals surface area contributed by atoms with Crippen molar-refractivity contribution in [3.05, 3.63) is 29.8 Å². The second kappa shape index (κ2) is 11.6. The maximum Gasteiger partial charge on any atom is 0.308 e. The molecule has 0 fully saturated rings. The Balaban J connectivity index is 2.81. The molecular weight excluding hydrogens is 374 g/mol. The van der Waals surface area contributed by atoms with Gasteiger partial charge in [-0.25, -0.2) is 0 Å². The molecule has 0 radical (unpaired) electrons. The molecule has 0 saturated carbocycles. The van der Waals surface area contributed by atoms with Crippen LogP contribution in [0.3, 0.4) is 0 Å². The number of amides is 1. The molecule has 152 valence electrons. The molecule has 0 aliphatic rings. The first-order chi connectivity index (χ1) is 12.8. The molecule has 0 saturated heterocycles. The smallest absolute Gasteiger partial charge is 0.308 e. The Morgan fingerprint density at radius 2 is 1.89 bits per heavy atom. The van der Waals surface area contributed by atoms with Gasteiger partial charge in [-0.2, -0.15) is 8.42 Å². The van der Waals surface area contributed by atoms with Crippen LogP contribution in [0, 0.1) is 0 Å². The number of methoxy groups -OCH3 is 1. The summed E-state index contributed by atoms with van der Waals surface area (Å²) in [6.07, 6.45) is 0.0387. The summed E-state index contributed by atoms with van der Waals surface area (Å²) in [5.41, 5.74) is 0.708. The molecule has 0 aliphatic carbocycles. The summed E-state index contributed by atoms with van der Waals surface area (Å²) in [5, 5.41) is 0. The Kier molecular flexibility index (Phi) is 9.81. The monoisotopic (exact) mass is 401 g/mol. The average Bonchev–Trinajstić information content (AvgIpc) is 2.63. The molecule has 0 heterocycles. The predicted octanol–water partition coefficient (Wildman–Crippen LogP) is 1.73. The van der Waals surface area contributed by atoms with Crippen LogP contribution in [-0.4, -0.2) is 57.8 Å². The average molecular weight is 401 g/mol. The van der Waals surface area contributed by atoms with Gasteiger partial charge in [0, 0.05) is 26.6 Å². The molecule has 1 aromatic carbocycles. The number of rotatable bonds is 12. The van der Waals surface area contributed by atoms with E-state index in [1.165, 1.54) is 14.0 Å². The third-order valence-corrected chi connectivity index (χ3v) is 4.77. The number of carbonyl (C=O) groups excluding carboxylic acids is 2. The second-order valence-electron chi connectivity index (χ2n) is 5.69. The van der Waals surface area contributed by atoms with Gasteiger partial charge < -0.3 is 18.6 Å². The van der Waals surface area contributed by atoms with Gasteiger partial charge in [-0.15, -0.1) is 0 Å². The standard InChI is InChI=1S/C18H27NO7S/c1-4-25-18(21)10-9-17(20)19(11-12-24-3)14-15-7-6-8-16(13-15)26-27(22,23)5-2/h6-8,13H,4-5,9-12,14H2,1-3H3. The number of carbonyl (C=O) groups is 2. The zero-order valence-electron chi connectivity index (χ0n) is 16.0. The second-order valence-corrected chi connectivity index (χ2v) is 7.55. The number of nitrogens with zero attached hydrogens (tertiary/aromatic N) is 1. The maximum absolute atomic E-state index is 12.5. The zero-order valence-corrected chi connectivity index (χ0v) is 16.8. The van der Waals surface area contributed by atoms with Gasteiger partial charge in [0.25, 0.3) is 0 Å². The molecule has 0 N–H and O–H groups in total. The lowest BCUT2D eigenvalue weighted by molar-refractivity contribution is -0.145. The molecule has 0 spiro atoms. The highest BCUT2D eigenvalue weighted by Crippen LogP contribution is 2.17. The minimum absolute atomic E-state index is 0.00799. The first-order valence-electron chi connectivity index (χ1n) is 8.74. The molecule has 1 aromatic rings. The Bertz CT molecular complexity index is 718. The van der Waals surface area contributed by atoms with Crippen LogP contribution in [0.5, 0.6) is 5.75 Å². The van der Waals surface area contributed by atoms with Crippen LogP contribution < -0.4 is 4.18 Å². The van der Waals surface area contributed by atoms with Crippen LogP contribution in [0.15, 0.2) is 24.3 Å². The topological polar surface area (TPSA) is 99.2 Å². The van der Waals surface area contributed by atoms with Gasteiger partial charge in [0.15, 0.2) is 0 Å². The molecule has 9 heteroatoms. The van der Waals surface area contributed by atoms with Crippen LogP contribution >= 0.6 is 0 Å². The third-order valence-electron chi connectivity index (χ3n) is 3.61. The minimum atomic E-state index is -3.62. The van der Waals surface area contributed by atoms with Crippen LogP contribution in [0.1, 0.15) is 32.3 Å². The quantitative estimate of drug-likeness (QED) is 0.388. The molecule has 0 aromatic heterocycles. The molecule has 8 nitrogen and oxygen atoms in total. The molecular formula is C18H27NO7S. The fourth-order valence-corrected chi connectivity index (χ4v) is 2.73. The van der Waals surface area contributed by atoms with Gasteiger partial charge in [0.2, 0.25) is 5.91 Å². The lowest BCUT2D eigenvalue weighted by Gasteiger charge is -2.22. The normalized spacial score (nSPS) is 11.1. The molecule has 0 aliphatic heterocycles. The van der Waals surface area contributed by atoms with Gasteiger partial charge in [0.05, 0.1) is 25.4 Å². The molecule has 0 bridgehead atoms. The summed E-state index contributed by atoms with van der Waals surface area (Å²) in [6, 6.07) is 6.54. The first-order valence-corrected chi connectivity index (χ1v) is 10.3. The van der Waals surface area contributed by atoms with E-state index in [1.54, 1.807) is 36.1 Å². The van der Waals surface area contributed by atoms with Crippen molar-refractivity contribution >= 4 is 22.0 Å². The van der Waals surface area contributed by atoms with Crippen LogP contribution in [0.4, 0.5) is 0 Å². The van der Waals surface area contributed by atoms with Crippen LogP contribution in [0.25, 0.3) is 0 Å². The largest absolute Gasteiger partial charge is 0.466 e. The molecule has 0 unspecified atom stereocenters. The van der Waals surface area contributed by atoms with Gasteiger partial charge >= 0.3 is 16.1 Å². The highest BCUT2D eigenvalue weighted by atomic mass is 32.2. The van der Waals surface area contributed by atoms with Crippen molar-refractivity contribution in [2.75, 3.05) is 32.6 Å². The molecule has 27 heavy (non-hydrogen) atoms.